The normalized spacial score (nSPS) is 20.7. The van der Waals surface area contributed by atoms with Gasteiger partial charge < -0.3 is 14.5 Å². The molecule has 0 spiro atoms. The SMILES string of the molecule is C[C@@H]1CCCCN1C(=O)COC(=O)c1cccc(N2CCCC2=O)c1. The summed E-state index contributed by atoms with van der Waals surface area (Å²) >= 11 is 0. The minimum atomic E-state index is -0.536. The number of esters is 1. The van der Waals surface area contributed by atoms with Crippen molar-refractivity contribution in [2.75, 3.05) is 24.6 Å². The Balaban J connectivity index is 1.59. The molecule has 1 atom stereocenters. The minimum Gasteiger partial charge on any atom is -0.452 e. The van der Waals surface area contributed by atoms with E-state index in [1.54, 1.807) is 34.1 Å². The number of carbonyl (C=O) groups is 3. The van der Waals surface area contributed by atoms with Crippen LogP contribution in [0.4, 0.5) is 5.69 Å². The highest BCUT2D eigenvalue weighted by molar-refractivity contribution is 5.97. The van der Waals surface area contributed by atoms with Crippen molar-refractivity contribution in [2.24, 2.45) is 0 Å². The molecule has 1 aromatic carbocycles. The zero-order valence-electron chi connectivity index (χ0n) is 14.6. The second kappa shape index (κ2) is 7.68. The van der Waals surface area contributed by atoms with Gasteiger partial charge in [0.2, 0.25) is 5.91 Å². The zero-order valence-corrected chi connectivity index (χ0v) is 14.6. The predicted molar refractivity (Wildman–Crippen MR) is 93.3 cm³/mol. The predicted octanol–water partition coefficient (Wildman–Crippen LogP) is 2.37. The van der Waals surface area contributed by atoms with Gasteiger partial charge in [-0.05, 0) is 50.8 Å². The second-order valence-electron chi connectivity index (χ2n) is 6.71. The summed E-state index contributed by atoms with van der Waals surface area (Å²) in [6.07, 6.45) is 4.49. The molecule has 0 saturated carbocycles. The highest BCUT2D eigenvalue weighted by Gasteiger charge is 2.25. The largest absolute Gasteiger partial charge is 0.452 e. The lowest BCUT2D eigenvalue weighted by Crippen LogP contribution is -2.44. The quantitative estimate of drug-likeness (QED) is 0.787. The van der Waals surface area contributed by atoms with E-state index in [4.69, 9.17) is 4.74 Å². The molecule has 3 rings (SSSR count). The van der Waals surface area contributed by atoms with Crippen molar-refractivity contribution in [1.29, 1.82) is 0 Å². The Bertz CT molecular complexity index is 673. The standard InChI is InChI=1S/C19H24N2O4/c1-14-6-2-3-10-20(14)18(23)13-25-19(24)15-7-4-8-16(12-15)21-11-5-9-17(21)22/h4,7-8,12,14H,2-3,5-6,9-11,13H2,1H3/t14-/m1/s1. The molecule has 1 aromatic rings. The molecule has 2 saturated heterocycles. The van der Waals surface area contributed by atoms with Gasteiger partial charge in [-0.25, -0.2) is 4.79 Å². The van der Waals surface area contributed by atoms with Gasteiger partial charge in [0, 0.05) is 31.2 Å². The van der Waals surface area contributed by atoms with Crippen molar-refractivity contribution in [3.63, 3.8) is 0 Å². The lowest BCUT2D eigenvalue weighted by molar-refractivity contribution is -0.137. The van der Waals surface area contributed by atoms with Crippen LogP contribution < -0.4 is 4.90 Å². The summed E-state index contributed by atoms with van der Waals surface area (Å²) in [7, 11) is 0. The van der Waals surface area contributed by atoms with Crippen molar-refractivity contribution in [3.8, 4) is 0 Å². The molecule has 0 aliphatic carbocycles. The fraction of sp³-hybridized carbons (Fsp3) is 0.526. The van der Waals surface area contributed by atoms with E-state index in [9.17, 15) is 14.4 Å². The Kier molecular flexibility index (Phi) is 5.36. The van der Waals surface area contributed by atoms with Gasteiger partial charge in [-0.15, -0.1) is 0 Å². The van der Waals surface area contributed by atoms with Crippen LogP contribution in [0.15, 0.2) is 24.3 Å². The number of hydrogen-bond donors (Lipinski definition) is 0. The van der Waals surface area contributed by atoms with Gasteiger partial charge in [0.15, 0.2) is 6.61 Å². The molecule has 2 aliphatic heterocycles. The lowest BCUT2D eigenvalue weighted by atomic mass is 10.0. The van der Waals surface area contributed by atoms with Crippen molar-refractivity contribution in [2.45, 2.75) is 45.1 Å². The molecular formula is C19H24N2O4. The van der Waals surface area contributed by atoms with Gasteiger partial charge in [0.1, 0.15) is 0 Å². The van der Waals surface area contributed by atoms with Gasteiger partial charge in [-0.2, -0.15) is 0 Å². The van der Waals surface area contributed by atoms with Crippen LogP contribution in [-0.2, 0) is 14.3 Å². The maximum Gasteiger partial charge on any atom is 0.338 e. The first kappa shape index (κ1) is 17.5. The van der Waals surface area contributed by atoms with E-state index < -0.39 is 5.97 Å². The molecule has 2 heterocycles. The third kappa shape index (κ3) is 4.00. The molecule has 2 aliphatic rings. The number of anilines is 1. The number of hydrogen-bond acceptors (Lipinski definition) is 4. The van der Waals surface area contributed by atoms with E-state index >= 15 is 0 Å². The van der Waals surface area contributed by atoms with E-state index in [2.05, 4.69) is 0 Å². The average molecular weight is 344 g/mol. The Morgan fingerprint density at radius 2 is 2.04 bits per heavy atom. The smallest absolute Gasteiger partial charge is 0.338 e. The molecule has 134 valence electrons. The first-order valence-electron chi connectivity index (χ1n) is 8.93. The molecule has 0 N–H and O–H groups in total. The van der Waals surface area contributed by atoms with Crippen LogP contribution in [0.2, 0.25) is 0 Å². The van der Waals surface area contributed by atoms with Crippen LogP contribution in [0.5, 0.6) is 0 Å². The number of carbonyl (C=O) groups excluding carboxylic acids is 3. The number of rotatable bonds is 4. The molecule has 6 nitrogen and oxygen atoms in total. The fourth-order valence-electron chi connectivity index (χ4n) is 3.48. The van der Waals surface area contributed by atoms with E-state index in [0.717, 1.165) is 32.2 Å². The Labute approximate surface area is 147 Å². The van der Waals surface area contributed by atoms with Crippen molar-refractivity contribution in [1.82, 2.24) is 4.90 Å². The van der Waals surface area contributed by atoms with Gasteiger partial charge in [-0.1, -0.05) is 6.07 Å². The number of likely N-dealkylation sites (tertiary alicyclic amines) is 1. The van der Waals surface area contributed by atoms with Crippen molar-refractivity contribution in [3.05, 3.63) is 29.8 Å². The zero-order chi connectivity index (χ0) is 17.8. The molecule has 2 amide bonds. The third-order valence-electron chi connectivity index (χ3n) is 4.92. The topological polar surface area (TPSA) is 66.9 Å². The highest BCUT2D eigenvalue weighted by Crippen LogP contribution is 2.22. The van der Waals surface area contributed by atoms with Gasteiger partial charge >= 0.3 is 5.97 Å². The Hall–Kier alpha value is -2.37. The monoisotopic (exact) mass is 344 g/mol. The van der Waals surface area contributed by atoms with Crippen LogP contribution in [0.25, 0.3) is 0 Å². The number of amides is 2. The maximum atomic E-state index is 12.3. The van der Waals surface area contributed by atoms with E-state index in [-0.39, 0.29) is 24.5 Å². The summed E-state index contributed by atoms with van der Waals surface area (Å²) in [5, 5.41) is 0. The maximum absolute atomic E-state index is 12.3. The fourth-order valence-corrected chi connectivity index (χ4v) is 3.48. The summed E-state index contributed by atoms with van der Waals surface area (Å²) in [4.78, 5) is 39.8. The molecule has 0 radical (unpaired) electrons. The van der Waals surface area contributed by atoms with Crippen LogP contribution in [-0.4, -0.2) is 48.4 Å². The molecule has 25 heavy (non-hydrogen) atoms. The highest BCUT2D eigenvalue weighted by atomic mass is 16.5. The summed E-state index contributed by atoms with van der Waals surface area (Å²) in [6, 6.07) is 7.02. The number of ether oxygens (including phenoxy) is 1. The molecule has 0 aromatic heterocycles. The average Bonchev–Trinajstić information content (AvgIpc) is 3.06. The molecule has 0 bridgehead atoms. The van der Waals surface area contributed by atoms with Crippen LogP contribution in [0, 0.1) is 0 Å². The molecular weight excluding hydrogens is 320 g/mol. The minimum absolute atomic E-state index is 0.0692. The second-order valence-corrected chi connectivity index (χ2v) is 6.71. The van der Waals surface area contributed by atoms with E-state index in [0.29, 0.717) is 24.2 Å². The van der Waals surface area contributed by atoms with Crippen molar-refractivity contribution < 1.29 is 19.1 Å². The van der Waals surface area contributed by atoms with Gasteiger partial charge in [0.05, 0.1) is 5.56 Å². The van der Waals surface area contributed by atoms with Crippen LogP contribution >= 0.6 is 0 Å². The number of nitrogens with zero attached hydrogens (tertiary/aromatic N) is 2. The third-order valence-corrected chi connectivity index (χ3v) is 4.92. The Morgan fingerprint density at radius 3 is 2.76 bits per heavy atom. The summed E-state index contributed by atoms with van der Waals surface area (Å²) in [5.74, 6) is -0.613. The molecule has 0 unspecified atom stereocenters. The van der Waals surface area contributed by atoms with Crippen molar-refractivity contribution >= 4 is 23.5 Å². The summed E-state index contributed by atoms with van der Waals surface area (Å²) < 4.78 is 5.20. The van der Waals surface area contributed by atoms with E-state index in [1.165, 1.54) is 0 Å². The molecule has 6 heteroatoms. The summed E-state index contributed by atoms with van der Waals surface area (Å²) in [5.41, 5.74) is 1.06. The van der Waals surface area contributed by atoms with Crippen LogP contribution in [0.3, 0.4) is 0 Å². The van der Waals surface area contributed by atoms with Gasteiger partial charge in [0.25, 0.3) is 5.91 Å². The number of piperidine rings is 1. The number of benzene rings is 1. The van der Waals surface area contributed by atoms with Gasteiger partial charge in [-0.3, -0.25) is 9.59 Å². The Morgan fingerprint density at radius 1 is 1.20 bits per heavy atom. The van der Waals surface area contributed by atoms with E-state index in [1.807, 2.05) is 6.92 Å². The first-order valence-corrected chi connectivity index (χ1v) is 8.93. The summed E-state index contributed by atoms with van der Waals surface area (Å²) in [6.45, 7) is 3.18. The molecule has 2 fully saturated rings. The van der Waals surface area contributed by atoms with Crippen LogP contribution in [0.1, 0.15) is 49.4 Å². The lowest BCUT2D eigenvalue weighted by Gasteiger charge is -2.33. The first-order chi connectivity index (χ1) is 12.1.